The molecule has 0 radical (unpaired) electrons. The summed E-state index contributed by atoms with van der Waals surface area (Å²) in [6.07, 6.45) is 1.78. The lowest BCUT2D eigenvalue weighted by Crippen LogP contribution is -2.13. The van der Waals surface area contributed by atoms with E-state index in [1.807, 2.05) is 30.3 Å². The average molecular weight is 451 g/mol. The molecule has 0 spiro atoms. The molecule has 1 N–H and O–H groups in total. The first-order valence-electron chi connectivity index (χ1n) is 10.00. The second kappa shape index (κ2) is 7.52. The van der Waals surface area contributed by atoms with E-state index in [0.717, 1.165) is 23.8 Å². The summed E-state index contributed by atoms with van der Waals surface area (Å²) in [6.45, 7) is 0. The van der Waals surface area contributed by atoms with Crippen molar-refractivity contribution < 1.29 is 22.7 Å². The highest BCUT2D eigenvalue weighted by Gasteiger charge is 2.32. The molecule has 9 heteroatoms. The third kappa shape index (κ3) is 3.54. The Morgan fingerprint density at radius 3 is 2.62 bits per heavy atom. The van der Waals surface area contributed by atoms with Crippen molar-refractivity contribution in [2.24, 2.45) is 0 Å². The minimum atomic E-state index is -3.14. The van der Waals surface area contributed by atoms with Gasteiger partial charge in [0.1, 0.15) is 17.3 Å². The number of phenolic OH excluding ortho intramolecular Hbond substituents is 1. The van der Waals surface area contributed by atoms with Crippen molar-refractivity contribution in [1.82, 2.24) is 14.8 Å². The Bertz CT molecular complexity index is 1470. The number of rotatable bonds is 4. The first-order chi connectivity index (χ1) is 15.3. The number of fused-ring (bicyclic) bond motifs is 1. The van der Waals surface area contributed by atoms with E-state index in [-0.39, 0.29) is 34.4 Å². The Balaban J connectivity index is 1.68. The molecule has 2 aromatic heterocycles. The molecule has 32 heavy (non-hydrogen) atoms. The van der Waals surface area contributed by atoms with Gasteiger partial charge in [-0.15, -0.1) is 0 Å². The average Bonchev–Trinajstić information content (AvgIpc) is 3.35. The third-order valence-electron chi connectivity index (χ3n) is 5.61. The fraction of sp³-hybridized carbons (Fsp3) is 0.174. The molecule has 1 aliphatic heterocycles. The molecule has 0 bridgehead atoms. The lowest BCUT2D eigenvalue weighted by molar-refractivity contribution is 0.103. The molecule has 1 fully saturated rings. The second-order valence-electron chi connectivity index (χ2n) is 7.80. The van der Waals surface area contributed by atoms with Crippen LogP contribution in [0.3, 0.4) is 0 Å². The fourth-order valence-electron chi connectivity index (χ4n) is 4.03. The molecule has 1 unspecified atom stereocenters. The van der Waals surface area contributed by atoms with Crippen LogP contribution in [0.15, 0.2) is 60.8 Å². The van der Waals surface area contributed by atoms with Crippen LogP contribution in [-0.2, 0) is 9.84 Å². The summed E-state index contributed by atoms with van der Waals surface area (Å²) < 4.78 is 39.3. The normalized spacial score (nSPS) is 17.6. The number of aromatic hydroxyl groups is 1. The van der Waals surface area contributed by atoms with Crippen LogP contribution >= 0.6 is 0 Å². The van der Waals surface area contributed by atoms with Crippen LogP contribution in [0.25, 0.3) is 22.3 Å². The predicted molar refractivity (Wildman–Crippen MR) is 117 cm³/mol. The Morgan fingerprint density at radius 1 is 1.12 bits per heavy atom. The fourth-order valence-corrected chi connectivity index (χ4v) is 5.72. The van der Waals surface area contributed by atoms with Gasteiger partial charge in [0.25, 0.3) is 0 Å². The number of ketones is 1. The zero-order valence-electron chi connectivity index (χ0n) is 16.8. The Morgan fingerprint density at radius 2 is 1.91 bits per heavy atom. The summed E-state index contributed by atoms with van der Waals surface area (Å²) in [4.78, 5) is 17.4. The molecule has 2 aromatic carbocycles. The number of sulfone groups is 1. The van der Waals surface area contributed by atoms with E-state index in [9.17, 15) is 22.7 Å². The van der Waals surface area contributed by atoms with Crippen LogP contribution in [0, 0.1) is 5.82 Å². The van der Waals surface area contributed by atoms with Crippen molar-refractivity contribution >= 4 is 26.7 Å². The number of hydrogen-bond acceptors (Lipinski definition) is 6. The Labute approximate surface area is 183 Å². The number of aromatic nitrogens is 3. The zero-order chi connectivity index (χ0) is 22.5. The maximum atomic E-state index is 13.7. The minimum Gasteiger partial charge on any atom is -0.507 e. The molecule has 3 heterocycles. The zero-order valence-corrected chi connectivity index (χ0v) is 17.6. The van der Waals surface area contributed by atoms with Gasteiger partial charge >= 0.3 is 0 Å². The highest BCUT2D eigenvalue weighted by Crippen LogP contribution is 2.33. The number of halogens is 1. The molecular weight excluding hydrogens is 433 g/mol. The van der Waals surface area contributed by atoms with Gasteiger partial charge in [-0.1, -0.05) is 30.3 Å². The number of phenols is 1. The van der Waals surface area contributed by atoms with E-state index in [4.69, 9.17) is 0 Å². The first-order valence-corrected chi connectivity index (χ1v) is 11.8. The molecule has 1 atom stereocenters. The number of nitrogens with zero attached hydrogens (tertiary/aromatic N) is 3. The van der Waals surface area contributed by atoms with Crippen LogP contribution in [0.4, 0.5) is 4.39 Å². The van der Waals surface area contributed by atoms with Crippen LogP contribution in [0.2, 0.25) is 0 Å². The molecule has 162 valence electrons. The maximum Gasteiger partial charge on any atom is 0.198 e. The van der Waals surface area contributed by atoms with Gasteiger partial charge in [0.05, 0.1) is 23.1 Å². The smallest absolute Gasteiger partial charge is 0.198 e. The maximum absolute atomic E-state index is 13.7. The van der Waals surface area contributed by atoms with Crippen molar-refractivity contribution in [3.63, 3.8) is 0 Å². The number of carbonyl (C=O) groups excluding carboxylic acids is 1. The Kier molecular flexibility index (Phi) is 4.78. The Hall–Kier alpha value is -3.59. The van der Waals surface area contributed by atoms with E-state index >= 15 is 0 Å². The molecule has 7 nitrogen and oxygen atoms in total. The van der Waals surface area contributed by atoms with Gasteiger partial charge in [-0.25, -0.2) is 22.5 Å². The SMILES string of the molecule is O=C(c1cnc2c(c1)c(-c1ccccc1)nn2C1CCS(=O)(=O)C1)c1cc(F)ccc1O. The first kappa shape index (κ1) is 20.3. The number of benzene rings is 2. The van der Waals surface area contributed by atoms with Gasteiger partial charge < -0.3 is 5.11 Å². The molecule has 4 aromatic rings. The van der Waals surface area contributed by atoms with Gasteiger partial charge in [-0.3, -0.25) is 4.79 Å². The van der Waals surface area contributed by atoms with Crippen molar-refractivity contribution in [1.29, 1.82) is 0 Å². The summed E-state index contributed by atoms with van der Waals surface area (Å²) in [7, 11) is -3.14. The highest BCUT2D eigenvalue weighted by atomic mass is 32.2. The standard InChI is InChI=1S/C23H18FN3O4S/c24-16-6-7-20(28)18(11-16)22(29)15-10-19-21(14-4-2-1-3-5-14)26-27(23(19)25-12-15)17-8-9-32(30,31)13-17/h1-7,10-12,17,28H,8-9,13H2. The van der Waals surface area contributed by atoms with Crippen molar-refractivity contribution in [2.45, 2.75) is 12.5 Å². The summed E-state index contributed by atoms with van der Waals surface area (Å²) in [5, 5.41) is 15.3. The van der Waals surface area contributed by atoms with Crippen molar-refractivity contribution in [3.8, 4) is 17.0 Å². The van der Waals surface area contributed by atoms with E-state index in [1.54, 1.807) is 10.7 Å². The second-order valence-corrected chi connectivity index (χ2v) is 10.0. The molecule has 1 aliphatic rings. The number of carbonyl (C=O) groups is 1. The topological polar surface area (TPSA) is 102 Å². The van der Waals surface area contributed by atoms with Gasteiger partial charge in [-0.05, 0) is 30.7 Å². The van der Waals surface area contributed by atoms with E-state index < -0.39 is 21.4 Å². The molecule has 1 saturated heterocycles. The third-order valence-corrected chi connectivity index (χ3v) is 7.36. The van der Waals surface area contributed by atoms with Crippen LogP contribution in [0.1, 0.15) is 28.4 Å². The van der Waals surface area contributed by atoms with Crippen LogP contribution in [0.5, 0.6) is 5.75 Å². The lowest BCUT2D eigenvalue weighted by Gasteiger charge is -2.09. The number of pyridine rings is 1. The molecular formula is C23H18FN3O4S. The largest absolute Gasteiger partial charge is 0.507 e. The quantitative estimate of drug-likeness (QED) is 0.476. The number of hydrogen-bond donors (Lipinski definition) is 1. The lowest BCUT2D eigenvalue weighted by atomic mass is 10.0. The summed E-state index contributed by atoms with van der Waals surface area (Å²) >= 11 is 0. The molecule has 0 aliphatic carbocycles. The van der Waals surface area contributed by atoms with Gasteiger partial charge in [0.15, 0.2) is 21.3 Å². The van der Waals surface area contributed by atoms with Crippen LogP contribution < -0.4 is 0 Å². The van der Waals surface area contributed by atoms with Crippen molar-refractivity contribution in [3.05, 3.63) is 77.7 Å². The monoisotopic (exact) mass is 451 g/mol. The van der Waals surface area contributed by atoms with Gasteiger partial charge in [0, 0.05) is 22.7 Å². The van der Waals surface area contributed by atoms with Gasteiger partial charge in [0.2, 0.25) is 0 Å². The molecule has 0 amide bonds. The minimum absolute atomic E-state index is 0.0163. The van der Waals surface area contributed by atoms with Crippen LogP contribution in [-0.4, -0.2) is 45.6 Å². The summed E-state index contributed by atoms with van der Waals surface area (Å²) in [5.74, 6) is -1.47. The van der Waals surface area contributed by atoms with Crippen molar-refractivity contribution in [2.75, 3.05) is 11.5 Å². The van der Waals surface area contributed by atoms with E-state index in [2.05, 4.69) is 10.1 Å². The molecule has 0 saturated carbocycles. The summed E-state index contributed by atoms with van der Waals surface area (Å²) in [5.41, 5.74) is 1.81. The summed E-state index contributed by atoms with van der Waals surface area (Å²) in [6, 6.07) is 13.7. The molecule has 5 rings (SSSR count). The van der Waals surface area contributed by atoms with E-state index in [1.165, 1.54) is 6.20 Å². The predicted octanol–water partition coefficient (Wildman–Crippen LogP) is 3.53. The van der Waals surface area contributed by atoms with Gasteiger partial charge in [-0.2, -0.15) is 5.10 Å². The highest BCUT2D eigenvalue weighted by molar-refractivity contribution is 7.91. The van der Waals surface area contributed by atoms with E-state index in [0.29, 0.717) is 23.1 Å².